The van der Waals surface area contributed by atoms with Crippen LogP contribution in [-0.4, -0.2) is 24.0 Å². The molecule has 0 unspecified atom stereocenters. The van der Waals surface area contributed by atoms with Crippen LogP contribution in [0.4, 0.5) is 5.69 Å². The fourth-order valence-electron chi connectivity index (χ4n) is 1.36. The average molecular weight is 266 g/mol. The number of benzene rings is 1. The Bertz CT molecular complexity index is 467. The van der Waals surface area contributed by atoms with Crippen LogP contribution in [0.1, 0.15) is 0 Å². The first kappa shape index (κ1) is 13.9. The van der Waals surface area contributed by atoms with Crippen LogP contribution in [0.5, 0.6) is 0 Å². The lowest BCUT2D eigenvalue weighted by Crippen LogP contribution is -2.30. The van der Waals surface area contributed by atoms with Crippen LogP contribution in [0, 0.1) is 10.1 Å². The molecule has 1 rings (SSSR count). The van der Waals surface area contributed by atoms with Crippen LogP contribution < -0.4 is 16.0 Å². The van der Waals surface area contributed by atoms with Crippen LogP contribution in [0.2, 0.25) is 0 Å². The van der Waals surface area contributed by atoms with Crippen molar-refractivity contribution >= 4 is 22.9 Å². The average Bonchev–Trinajstić information content (AvgIpc) is 2.36. The number of nitrogens with zero attached hydrogens (tertiary/aromatic N) is 1. The van der Waals surface area contributed by atoms with Crippen molar-refractivity contribution in [2.75, 3.05) is 19.4 Å². The predicted octanol–water partition coefficient (Wildman–Crippen LogP) is 1.31. The van der Waals surface area contributed by atoms with Crippen molar-refractivity contribution < 1.29 is 4.92 Å². The van der Waals surface area contributed by atoms with Gasteiger partial charge in [0.2, 0.25) is 0 Å². The van der Waals surface area contributed by atoms with Crippen LogP contribution >= 0.6 is 12.2 Å². The SMILES string of the molecule is CNC(NC)=C(C(=S)Nc1ccccc1)[N+](=O)[O-]. The molecular formula is C11H14N4O2S. The Labute approximate surface area is 110 Å². The van der Waals surface area contributed by atoms with E-state index in [9.17, 15) is 10.1 Å². The van der Waals surface area contributed by atoms with Gasteiger partial charge >= 0.3 is 5.70 Å². The van der Waals surface area contributed by atoms with Gasteiger partial charge in [-0.3, -0.25) is 10.1 Å². The van der Waals surface area contributed by atoms with Gasteiger partial charge < -0.3 is 16.0 Å². The molecule has 96 valence electrons. The molecule has 1 aromatic rings. The highest BCUT2D eigenvalue weighted by Crippen LogP contribution is 2.10. The van der Waals surface area contributed by atoms with E-state index in [1.807, 2.05) is 18.2 Å². The van der Waals surface area contributed by atoms with E-state index in [4.69, 9.17) is 12.2 Å². The van der Waals surface area contributed by atoms with E-state index in [0.29, 0.717) is 5.69 Å². The van der Waals surface area contributed by atoms with Crippen molar-refractivity contribution in [1.29, 1.82) is 0 Å². The van der Waals surface area contributed by atoms with E-state index in [1.54, 1.807) is 26.2 Å². The quantitative estimate of drug-likeness (QED) is 0.323. The zero-order chi connectivity index (χ0) is 13.5. The number of thiocarbonyl (C=S) groups is 1. The van der Waals surface area contributed by atoms with Gasteiger partial charge in [0.1, 0.15) is 0 Å². The molecule has 0 aliphatic heterocycles. The molecule has 0 amide bonds. The minimum atomic E-state index is -0.527. The summed E-state index contributed by atoms with van der Waals surface area (Å²) in [5, 5.41) is 19.3. The second-order valence-electron chi connectivity index (χ2n) is 3.30. The summed E-state index contributed by atoms with van der Waals surface area (Å²) in [5.41, 5.74) is 0.507. The molecule has 0 fully saturated rings. The lowest BCUT2D eigenvalue weighted by Gasteiger charge is -2.10. The fourth-order valence-corrected chi connectivity index (χ4v) is 1.66. The van der Waals surface area contributed by atoms with Crippen molar-refractivity contribution in [1.82, 2.24) is 10.6 Å². The smallest absolute Gasteiger partial charge is 0.343 e. The summed E-state index contributed by atoms with van der Waals surface area (Å²) in [6.07, 6.45) is 0. The lowest BCUT2D eigenvalue weighted by atomic mass is 10.3. The van der Waals surface area contributed by atoms with Gasteiger partial charge in [-0.05, 0) is 12.1 Å². The topological polar surface area (TPSA) is 79.2 Å². The number of rotatable bonds is 5. The summed E-state index contributed by atoms with van der Waals surface area (Å²) in [4.78, 5) is 10.5. The van der Waals surface area contributed by atoms with Gasteiger partial charge in [-0.25, -0.2) is 0 Å². The maximum atomic E-state index is 11.0. The molecule has 6 nitrogen and oxygen atoms in total. The van der Waals surface area contributed by atoms with Crippen molar-refractivity contribution in [2.24, 2.45) is 0 Å². The van der Waals surface area contributed by atoms with Gasteiger partial charge in [0.25, 0.3) is 0 Å². The largest absolute Gasteiger partial charge is 0.369 e. The molecule has 0 aliphatic carbocycles. The van der Waals surface area contributed by atoms with E-state index in [2.05, 4.69) is 16.0 Å². The van der Waals surface area contributed by atoms with Gasteiger partial charge in [-0.2, -0.15) is 0 Å². The maximum absolute atomic E-state index is 11.0. The number of para-hydroxylation sites is 1. The molecule has 0 bridgehead atoms. The molecule has 0 heterocycles. The Morgan fingerprint density at radius 1 is 1.22 bits per heavy atom. The van der Waals surface area contributed by atoms with Crippen LogP contribution in [0.15, 0.2) is 41.8 Å². The highest BCUT2D eigenvalue weighted by molar-refractivity contribution is 7.81. The van der Waals surface area contributed by atoms with E-state index in [0.717, 1.165) is 0 Å². The molecule has 0 atom stereocenters. The molecular weight excluding hydrogens is 252 g/mol. The second-order valence-corrected chi connectivity index (χ2v) is 3.71. The number of anilines is 1. The van der Waals surface area contributed by atoms with Gasteiger partial charge in [0.15, 0.2) is 10.8 Å². The maximum Gasteiger partial charge on any atom is 0.343 e. The molecule has 7 heteroatoms. The molecule has 0 saturated heterocycles. The van der Waals surface area contributed by atoms with Gasteiger partial charge in [-0.15, -0.1) is 0 Å². The highest BCUT2D eigenvalue weighted by atomic mass is 32.1. The predicted molar refractivity (Wildman–Crippen MR) is 74.8 cm³/mol. The molecule has 0 radical (unpaired) electrons. The van der Waals surface area contributed by atoms with E-state index in [-0.39, 0.29) is 16.5 Å². The van der Waals surface area contributed by atoms with Gasteiger partial charge in [-0.1, -0.05) is 30.4 Å². The highest BCUT2D eigenvalue weighted by Gasteiger charge is 2.23. The molecule has 0 aromatic heterocycles. The Balaban J connectivity index is 2.99. The van der Waals surface area contributed by atoms with E-state index >= 15 is 0 Å². The van der Waals surface area contributed by atoms with Crippen molar-refractivity contribution in [2.45, 2.75) is 0 Å². The van der Waals surface area contributed by atoms with Crippen molar-refractivity contribution in [3.05, 3.63) is 52.0 Å². The number of nitro groups is 1. The Morgan fingerprint density at radius 2 is 1.78 bits per heavy atom. The third-order valence-electron chi connectivity index (χ3n) is 2.17. The number of nitrogens with one attached hydrogen (secondary N) is 3. The Hall–Kier alpha value is -2.15. The zero-order valence-electron chi connectivity index (χ0n) is 10.1. The minimum Gasteiger partial charge on any atom is -0.369 e. The van der Waals surface area contributed by atoms with Gasteiger partial charge in [0, 0.05) is 19.8 Å². The number of hydrogen-bond donors (Lipinski definition) is 3. The summed E-state index contributed by atoms with van der Waals surface area (Å²) in [5.74, 6) is 0.258. The minimum absolute atomic E-state index is 0.0462. The first-order valence-corrected chi connectivity index (χ1v) is 5.61. The molecule has 3 N–H and O–H groups in total. The molecule has 0 saturated carbocycles. The summed E-state index contributed by atoms with van der Waals surface area (Å²) >= 11 is 5.05. The van der Waals surface area contributed by atoms with E-state index in [1.165, 1.54) is 0 Å². The molecule has 0 aliphatic rings. The van der Waals surface area contributed by atoms with Crippen LogP contribution in [-0.2, 0) is 0 Å². The summed E-state index contributed by atoms with van der Waals surface area (Å²) < 4.78 is 0. The molecule has 1 aromatic carbocycles. The normalized spacial score (nSPS) is 9.22. The lowest BCUT2D eigenvalue weighted by molar-refractivity contribution is -0.416. The Kier molecular flexibility index (Phi) is 5.06. The Morgan fingerprint density at radius 3 is 2.22 bits per heavy atom. The monoisotopic (exact) mass is 266 g/mol. The standard InChI is InChI=1S/C11H14N4O2S/c1-12-10(13-2)9(15(16)17)11(18)14-8-6-4-3-5-7-8/h3-7,12-13H,1-2H3,(H,14,18). The molecule has 18 heavy (non-hydrogen) atoms. The summed E-state index contributed by atoms with van der Waals surface area (Å²) in [7, 11) is 3.17. The third-order valence-corrected chi connectivity index (χ3v) is 2.46. The van der Waals surface area contributed by atoms with Gasteiger partial charge in [0.05, 0.1) is 4.92 Å². The number of hydrogen-bond acceptors (Lipinski definition) is 5. The first-order chi connectivity index (χ1) is 8.60. The molecule has 0 spiro atoms. The summed E-state index contributed by atoms with van der Waals surface area (Å²) in [6, 6.07) is 9.05. The van der Waals surface area contributed by atoms with Crippen LogP contribution in [0.25, 0.3) is 0 Å². The van der Waals surface area contributed by atoms with Crippen molar-refractivity contribution in [3.63, 3.8) is 0 Å². The third kappa shape index (κ3) is 3.42. The van der Waals surface area contributed by atoms with Crippen molar-refractivity contribution in [3.8, 4) is 0 Å². The van der Waals surface area contributed by atoms with E-state index < -0.39 is 4.92 Å². The van der Waals surface area contributed by atoms with Crippen LogP contribution in [0.3, 0.4) is 0 Å². The fraction of sp³-hybridized carbons (Fsp3) is 0.182. The first-order valence-electron chi connectivity index (χ1n) is 5.20. The second kappa shape index (κ2) is 6.55. The summed E-state index contributed by atoms with van der Waals surface area (Å²) in [6.45, 7) is 0. The zero-order valence-corrected chi connectivity index (χ0v) is 10.9.